The summed E-state index contributed by atoms with van der Waals surface area (Å²) in [6.07, 6.45) is -4.78. The minimum Gasteiger partial charge on any atom is -0.349 e. The number of alkyl halides is 3. The molecule has 0 aliphatic rings. The van der Waals surface area contributed by atoms with Crippen molar-refractivity contribution >= 4 is 45.1 Å². The molecule has 0 bridgehead atoms. The van der Waals surface area contributed by atoms with Gasteiger partial charge in [0, 0.05) is 10.4 Å². The predicted molar refractivity (Wildman–Crippen MR) is 97.0 cm³/mol. The van der Waals surface area contributed by atoms with Crippen LogP contribution in [0.2, 0.25) is 5.02 Å². The van der Waals surface area contributed by atoms with Gasteiger partial charge >= 0.3 is 6.18 Å². The number of fused-ring (bicyclic) bond motifs is 1. The lowest BCUT2D eigenvalue weighted by Gasteiger charge is -2.16. The smallest absolute Gasteiger partial charge is 0.349 e. The molecule has 0 amide bonds. The highest BCUT2D eigenvalue weighted by molar-refractivity contribution is 6.30. The third-order valence-electron chi connectivity index (χ3n) is 3.94. The number of halogens is 4. The van der Waals surface area contributed by atoms with Crippen molar-refractivity contribution in [3.63, 3.8) is 0 Å². The van der Waals surface area contributed by atoms with E-state index in [1.165, 1.54) is 30.3 Å². The van der Waals surface area contributed by atoms with E-state index in [9.17, 15) is 33.4 Å². The van der Waals surface area contributed by atoms with Gasteiger partial charge in [-0.2, -0.15) is 13.2 Å². The fourth-order valence-electron chi connectivity index (χ4n) is 2.76. The lowest BCUT2D eigenvalue weighted by molar-refractivity contribution is -0.392. The Balaban J connectivity index is 2.31. The van der Waals surface area contributed by atoms with Gasteiger partial charge in [0.15, 0.2) is 0 Å². The zero-order valence-electron chi connectivity index (χ0n) is 13.7. The molecule has 3 aromatic carbocycles. The van der Waals surface area contributed by atoms with Crippen LogP contribution < -0.4 is 5.32 Å². The van der Waals surface area contributed by atoms with Crippen molar-refractivity contribution in [3.05, 3.63) is 79.3 Å². The van der Waals surface area contributed by atoms with Gasteiger partial charge in [-0.25, -0.2) is 0 Å². The molecule has 0 aliphatic heterocycles. The summed E-state index contributed by atoms with van der Waals surface area (Å²) in [5, 5.41) is 25.1. The van der Waals surface area contributed by atoms with Crippen LogP contribution in [0, 0.1) is 20.2 Å². The van der Waals surface area contributed by atoms with Crippen molar-refractivity contribution in [1.82, 2.24) is 0 Å². The topological polar surface area (TPSA) is 98.3 Å². The summed E-state index contributed by atoms with van der Waals surface area (Å²) in [4.78, 5) is 21.1. The number of anilines is 2. The van der Waals surface area contributed by atoms with E-state index >= 15 is 0 Å². The van der Waals surface area contributed by atoms with Crippen LogP contribution in [0.15, 0.2) is 48.5 Å². The van der Waals surface area contributed by atoms with Gasteiger partial charge in [-0.05, 0) is 24.3 Å². The quantitative estimate of drug-likeness (QED) is 0.415. The largest absolute Gasteiger partial charge is 0.418 e. The number of rotatable bonds is 4. The molecule has 0 aliphatic carbocycles. The average Bonchev–Trinajstić information content (AvgIpc) is 2.61. The van der Waals surface area contributed by atoms with Crippen molar-refractivity contribution in [3.8, 4) is 0 Å². The second kappa shape index (κ2) is 6.97. The molecule has 0 radical (unpaired) electrons. The number of nitrogens with zero attached hydrogens (tertiary/aromatic N) is 2. The zero-order valence-corrected chi connectivity index (χ0v) is 14.4. The molecule has 7 nitrogen and oxygen atoms in total. The molecule has 11 heteroatoms. The SMILES string of the molecule is O=[N+]([O-])c1cc([N+](=O)[O-])c2ccccc2c1Nc1ccc(Cl)cc1C(F)(F)F. The molecule has 0 saturated heterocycles. The highest BCUT2D eigenvalue weighted by atomic mass is 35.5. The van der Waals surface area contributed by atoms with Gasteiger partial charge in [0.25, 0.3) is 11.4 Å². The van der Waals surface area contributed by atoms with Crippen LogP contribution in [0.25, 0.3) is 10.8 Å². The lowest BCUT2D eigenvalue weighted by Crippen LogP contribution is -2.10. The van der Waals surface area contributed by atoms with Crippen molar-refractivity contribution < 1.29 is 23.0 Å². The molecule has 0 saturated carbocycles. The lowest BCUT2D eigenvalue weighted by atomic mass is 10.0. The van der Waals surface area contributed by atoms with E-state index < -0.39 is 38.6 Å². The Labute approximate surface area is 159 Å². The number of nitro benzene ring substituents is 2. The molecule has 0 heterocycles. The first kappa shape index (κ1) is 19.4. The molecule has 0 unspecified atom stereocenters. The number of nitro groups is 2. The van der Waals surface area contributed by atoms with Gasteiger partial charge in [-0.3, -0.25) is 20.2 Å². The Hall–Kier alpha value is -3.40. The normalized spacial score (nSPS) is 11.4. The molecule has 0 fully saturated rings. The number of hydrogen-bond donors (Lipinski definition) is 1. The Morgan fingerprint density at radius 2 is 1.50 bits per heavy atom. The van der Waals surface area contributed by atoms with Gasteiger partial charge in [-0.15, -0.1) is 0 Å². The van der Waals surface area contributed by atoms with Crippen LogP contribution in [-0.4, -0.2) is 9.85 Å². The Morgan fingerprint density at radius 1 is 0.893 bits per heavy atom. The van der Waals surface area contributed by atoms with Crippen molar-refractivity contribution in [2.24, 2.45) is 0 Å². The second-order valence-corrected chi connectivity index (χ2v) is 6.10. The maximum absolute atomic E-state index is 13.4. The number of hydrogen-bond acceptors (Lipinski definition) is 5. The summed E-state index contributed by atoms with van der Waals surface area (Å²) < 4.78 is 40.1. The molecule has 3 aromatic rings. The first-order valence-electron chi connectivity index (χ1n) is 7.58. The zero-order chi connectivity index (χ0) is 20.6. The van der Waals surface area contributed by atoms with Crippen molar-refractivity contribution in [2.75, 3.05) is 5.32 Å². The number of benzene rings is 3. The number of nitrogens with one attached hydrogen (secondary N) is 1. The van der Waals surface area contributed by atoms with Crippen LogP contribution in [0.5, 0.6) is 0 Å². The Morgan fingerprint density at radius 3 is 2.07 bits per heavy atom. The van der Waals surface area contributed by atoms with Crippen LogP contribution in [0.1, 0.15) is 5.56 Å². The number of non-ortho nitro benzene ring substituents is 1. The summed E-state index contributed by atoms with van der Waals surface area (Å²) >= 11 is 5.65. The summed E-state index contributed by atoms with van der Waals surface area (Å²) in [5.41, 5.74) is -3.15. The van der Waals surface area contributed by atoms with E-state index in [1.54, 1.807) is 0 Å². The van der Waals surface area contributed by atoms with E-state index in [2.05, 4.69) is 5.32 Å². The van der Waals surface area contributed by atoms with Gasteiger partial charge in [0.05, 0.1) is 32.6 Å². The fraction of sp³-hybridized carbons (Fsp3) is 0.0588. The summed E-state index contributed by atoms with van der Waals surface area (Å²) in [5.74, 6) is 0. The average molecular weight is 412 g/mol. The van der Waals surface area contributed by atoms with E-state index in [-0.39, 0.29) is 21.5 Å². The molecule has 1 N–H and O–H groups in total. The van der Waals surface area contributed by atoms with Crippen LogP contribution in [0.3, 0.4) is 0 Å². The van der Waals surface area contributed by atoms with Gasteiger partial charge in [0.2, 0.25) is 0 Å². The van der Waals surface area contributed by atoms with E-state index in [1.807, 2.05) is 0 Å². The summed E-state index contributed by atoms with van der Waals surface area (Å²) in [6, 6.07) is 9.28. The molecular formula is C17H9ClF3N3O4. The maximum atomic E-state index is 13.4. The van der Waals surface area contributed by atoms with Crippen molar-refractivity contribution in [1.29, 1.82) is 0 Å². The minimum atomic E-state index is -4.78. The van der Waals surface area contributed by atoms with Crippen LogP contribution in [-0.2, 0) is 6.18 Å². The van der Waals surface area contributed by atoms with E-state index in [0.717, 1.165) is 6.07 Å². The van der Waals surface area contributed by atoms with Crippen molar-refractivity contribution in [2.45, 2.75) is 6.18 Å². The Kier molecular flexibility index (Phi) is 4.82. The molecule has 0 atom stereocenters. The molecular weight excluding hydrogens is 403 g/mol. The van der Waals surface area contributed by atoms with Gasteiger partial charge in [0.1, 0.15) is 5.69 Å². The molecule has 28 heavy (non-hydrogen) atoms. The molecule has 0 spiro atoms. The maximum Gasteiger partial charge on any atom is 0.418 e. The predicted octanol–water partition coefficient (Wildman–Crippen LogP) is 6.07. The first-order chi connectivity index (χ1) is 13.1. The summed E-state index contributed by atoms with van der Waals surface area (Å²) in [6.45, 7) is 0. The standard InChI is InChI=1S/C17H9ClF3N3O4/c18-9-5-6-13(12(7-9)17(19,20)21)22-16-11-4-2-1-3-10(11)14(23(25)26)8-15(16)24(27)28/h1-8,22H. The first-order valence-corrected chi connectivity index (χ1v) is 7.95. The minimum absolute atomic E-state index is 0.0338. The monoisotopic (exact) mass is 411 g/mol. The molecule has 0 aromatic heterocycles. The van der Waals surface area contributed by atoms with Gasteiger partial charge in [-0.1, -0.05) is 29.8 Å². The fourth-order valence-corrected chi connectivity index (χ4v) is 2.94. The Bertz CT molecular complexity index is 1120. The highest BCUT2D eigenvalue weighted by Gasteiger charge is 2.35. The highest BCUT2D eigenvalue weighted by Crippen LogP contribution is 2.43. The van der Waals surface area contributed by atoms with Crippen LogP contribution >= 0.6 is 11.6 Å². The third-order valence-corrected chi connectivity index (χ3v) is 4.18. The molecule has 3 rings (SSSR count). The van der Waals surface area contributed by atoms with Crippen LogP contribution in [0.4, 0.5) is 35.9 Å². The van der Waals surface area contributed by atoms with Gasteiger partial charge < -0.3 is 5.32 Å². The summed E-state index contributed by atoms with van der Waals surface area (Å²) in [7, 11) is 0. The molecule has 144 valence electrons. The third kappa shape index (κ3) is 3.54. The second-order valence-electron chi connectivity index (χ2n) is 5.66. The van der Waals surface area contributed by atoms with E-state index in [0.29, 0.717) is 12.1 Å². The van der Waals surface area contributed by atoms with E-state index in [4.69, 9.17) is 11.6 Å².